The number of benzene rings is 1. The van der Waals surface area contributed by atoms with E-state index in [1.54, 1.807) is 12.1 Å². The molecule has 1 aromatic carbocycles. The quantitative estimate of drug-likeness (QED) is 0.735. The highest BCUT2D eigenvalue weighted by Crippen LogP contribution is 2.14. The van der Waals surface area contributed by atoms with Crippen molar-refractivity contribution in [3.63, 3.8) is 0 Å². The fourth-order valence-corrected chi connectivity index (χ4v) is 1.23. The van der Waals surface area contributed by atoms with E-state index in [1.807, 2.05) is 6.92 Å². The SMILES string of the molecule is CCOCCC(N)c1ccc(F)cc1. The number of rotatable bonds is 5. The minimum absolute atomic E-state index is 0.0675. The molecule has 0 saturated heterocycles. The number of nitrogens with two attached hydrogens (primary N) is 1. The van der Waals surface area contributed by atoms with Gasteiger partial charge in [0.2, 0.25) is 0 Å². The van der Waals surface area contributed by atoms with Crippen molar-refractivity contribution >= 4 is 0 Å². The van der Waals surface area contributed by atoms with Gasteiger partial charge in [0.1, 0.15) is 5.82 Å². The first kappa shape index (κ1) is 11.1. The standard InChI is InChI=1S/C11H16FNO/c1-2-14-8-7-11(13)9-3-5-10(12)6-4-9/h3-6,11H,2,7-8,13H2,1H3. The molecule has 0 amide bonds. The van der Waals surface area contributed by atoms with Gasteiger partial charge in [-0.1, -0.05) is 12.1 Å². The molecule has 0 aromatic heterocycles. The van der Waals surface area contributed by atoms with E-state index in [0.29, 0.717) is 13.2 Å². The Morgan fingerprint density at radius 3 is 2.57 bits per heavy atom. The van der Waals surface area contributed by atoms with Crippen molar-refractivity contribution in [3.8, 4) is 0 Å². The number of hydrogen-bond donors (Lipinski definition) is 1. The van der Waals surface area contributed by atoms with Crippen LogP contribution in [0.15, 0.2) is 24.3 Å². The second kappa shape index (κ2) is 5.73. The highest BCUT2D eigenvalue weighted by Gasteiger charge is 2.05. The normalized spacial score (nSPS) is 12.8. The summed E-state index contributed by atoms with van der Waals surface area (Å²) in [7, 11) is 0. The van der Waals surface area contributed by atoms with Crippen molar-refractivity contribution in [2.45, 2.75) is 19.4 Å². The first-order valence-electron chi connectivity index (χ1n) is 4.83. The molecule has 0 heterocycles. The van der Waals surface area contributed by atoms with Crippen LogP contribution in [0.5, 0.6) is 0 Å². The van der Waals surface area contributed by atoms with Gasteiger partial charge in [-0.2, -0.15) is 0 Å². The van der Waals surface area contributed by atoms with Crippen LogP contribution in [0.1, 0.15) is 24.9 Å². The lowest BCUT2D eigenvalue weighted by Crippen LogP contribution is -2.13. The van der Waals surface area contributed by atoms with Crippen molar-refractivity contribution in [2.75, 3.05) is 13.2 Å². The lowest BCUT2D eigenvalue weighted by Gasteiger charge is -2.11. The van der Waals surface area contributed by atoms with Gasteiger partial charge in [-0.3, -0.25) is 0 Å². The number of hydrogen-bond acceptors (Lipinski definition) is 2. The lowest BCUT2D eigenvalue weighted by atomic mass is 10.1. The minimum Gasteiger partial charge on any atom is -0.382 e. The molecule has 0 radical (unpaired) electrons. The Hall–Kier alpha value is -0.930. The molecule has 1 atom stereocenters. The van der Waals surface area contributed by atoms with Crippen LogP contribution in [0.4, 0.5) is 4.39 Å². The molecule has 0 aliphatic carbocycles. The van der Waals surface area contributed by atoms with Gasteiger partial charge in [-0.25, -0.2) is 4.39 Å². The third-order valence-electron chi connectivity index (χ3n) is 2.08. The molecule has 2 nitrogen and oxygen atoms in total. The van der Waals surface area contributed by atoms with Crippen LogP contribution in [0.25, 0.3) is 0 Å². The van der Waals surface area contributed by atoms with E-state index < -0.39 is 0 Å². The molecular formula is C11H16FNO. The van der Waals surface area contributed by atoms with Gasteiger partial charge < -0.3 is 10.5 Å². The van der Waals surface area contributed by atoms with Crippen molar-refractivity contribution < 1.29 is 9.13 Å². The molecule has 3 heteroatoms. The molecule has 1 aromatic rings. The van der Waals surface area contributed by atoms with Crippen LogP contribution in [-0.2, 0) is 4.74 Å². The van der Waals surface area contributed by atoms with E-state index >= 15 is 0 Å². The topological polar surface area (TPSA) is 35.2 Å². The van der Waals surface area contributed by atoms with E-state index in [0.717, 1.165) is 12.0 Å². The van der Waals surface area contributed by atoms with Gasteiger partial charge in [0, 0.05) is 19.3 Å². The largest absolute Gasteiger partial charge is 0.382 e. The minimum atomic E-state index is -0.231. The molecule has 0 bridgehead atoms. The van der Waals surface area contributed by atoms with Crippen LogP contribution < -0.4 is 5.73 Å². The van der Waals surface area contributed by atoms with E-state index in [9.17, 15) is 4.39 Å². The maximum Gasteiger partial charge on any atom is 0.123 e. The average Bonchev–Trinajstić information content (AvgIpc) is 2.19. The Morgan fingerprint density at radius 1 is 1.36 bits per heavy atom. The molecule has 1 unspecified atom stereocenters. The van der Waals surface area contributed by atoms with Crippen LogP contribution in [0, 0.1) is 5.82 Å². The molecule has 1 rings (SSSR count). The van der Waals surface area contributed by atoms with Gasteiger partial charge >= 0.3 is 0 Å². The summed E-state index contributed by atoms with van der Waals surface area (Å²) in [6.07, 6.45) is 0.763. The first-order valence-corrected chi connectivity index (χ1v) is 4.83. The van der Waals surface area contributed by atoms with E-state index in [4.69, 9.17) is 10.5 Å². The first-order chi connectivity index (χ1) is 6.74. The predicted molar refractivity (Wildman–Crippen MR) is 54.4 cm³/mol. The maximum absolute atomic E-state index is 12.6. The summed E-state index contributed by atoms with van der Waals surface area (Å²) in [5.74, 6) is -0.231. The molecule has 0 saturated carbocycles. The van der Waals surface area contributed by atoms with E-state index in [-0.39, 0.29) is 11.9 Å². The summed E-state index contributed by atoms with van der Waals surface area (Å²) in [4.78, 5) is 0. The van der Waals surface area contributed by atoms with Gasteiger partial charge in [0.25, 0.3) is 0 Å². The van der Waals surface area contributed by atoms with Crippen molar-refractivity contribution in [3.05, 3.63) is 35.6 Å². The zero-order valence-electron chi connectivity index (χ0n) is 8.37. The van der Waals surface area contributed by atoms with Crippen LogP contribution in [0.2, 0.25) is 0 Å². The molecular weight excluding hydrogens is 181 g/mol. The van der Waals surface area contributed by atoms with Gasteiger partial charge in [0.05, 0.1) is 0 Å². The lowest BCUT2D eigenvalue weighted by molar-refractivity contribution is 0.140. The molecule has 78 valence electrons. The fourth-order valence-electron chi connectivity index (χ4n) is 1.23. The van der Waals surface area contributed by atoms with Crippen molar-refractivity contribution in [2.24, 2.45) is 5.73 Å². The molecule has 14 heavy (non-hydrogen) atoms. The monoisotopic (exact) mass is 197 g/mol. The molecule has 0 aliphatic rings. The Morgan fingerprint density at radius 2 is 2.00 bits per heavy atom. The maximum atomic E-state index is 12.6. The average molecular weight is 197 g/mol. The van der Waals surface area contributed by atoms with Crippen molar-refractivity contribution in [1.29, 1.82) is 0 Å². The molecule has 2 N–H and O–H groups in total. The molecule has 0 fully saturated rings. The summed E-state index contributed by atoms with van der Waals surface area (Å²) in [5.41, 5.74) is 6.83. The Bertz CT molecular complexity index is 260. The Balaban J connectivity index is 2.43. The summed E-state index contributed by atoms with van der Waals surface area (Å²) in [6.45, 7) is 3.30. The van der Waals surface area contributed by atoms with E-state index in [1.165, 1.54) is 12.1 Å². The van der Waals surface area contributed by atoms with Crippen molar-refractivity contribution in [1.82, 2.24) is 0 Å². The van der Waals surface area contributed by atoms with Gasteiger partial charge in [-0.05, 0) is 31.0 Å². The second-order valence-corrected chi connectivity index (χ2v) is 3.14. The highest BCUT2D eigenvalue weighted by atomic mass is 19.1. The van der Waals surface area contributed by atoms with Crippen LogP contribution in [-0.4, -0.2) is 13.2 Å². The van der Waals surface area contributed by atoms with Crippen LogP contribution in [0.3, 0.4) is 0 Å². The number of halogens is 1. The summed E-state index contributed by atoms with van der Waals surface area (Å²) in [5, 5.41) is 0. The Kier molecular flexibility index (Phi) is 4.56. The summed E-state index contributed by atoms with van der Waals surface area (Å²) >= 11 is 0. The molecule has 0 aliphatic heterocycles. The molecule has 0 spiro atoms. The third kappa shape index (κ3) is 3.44. The Labute approximate surface area is 83.9 Å². The number of ether oxygens (including phenoxy) is 1. The fraction of sp³-hybridized carbons (Fsp3) is 0.455. The second-order valence-electron chi connectivity index (χ2n) is 3.14. The zero-order chi connectivity index (χ0) is 10.4. The van der Waals surface area contributed by atoms with E-state index in [2.05, 4.69) is 0 Å². The van der Waals surface area contributed by atoms with Crippen LogP contribution >= 0.6 is 0 Å². The summed E-state index contributed by atoms with van der Waals surface area (Å²) < 4.78 is 17.8. The predicted octanol–water partition coefficient (Wildman–Crippen LogP) is 2.25. The van der Waals surface area contributed by atoms with Gasteiger partial charge in [0.15, 0.2) is 0 Å². The smallest absolute Gasteiger partial charge is 0.123 e. The summed E-state index contributed by atoms with van der Waals surface area (Å²) in [6, 6.07) is 6.21. The van der Waals surface area contributed by atoms with Gasteiger partial charge in [-0.15, -0.1) is 0 Å². The third-order valence-corrected chi connectivity index (χ3v) is 2.08. The zero-order valence-corrected chi connectivity index (χ0v) is 8.37. The highest BCUT2D eigenvalue weighted by molar-refractivity contribution is 5.19.